The first-order chi connectivity index (χ1) is 8.97. The van der Waals surface area contributed by atoms with Gasteiger partial charge in [0.15, 0.2) is 23.0 Å². The number of ether oxygens (including phenoxy) is 2. The van der Waals surface area contributed by atoms with Crippen LogP contribution in [0.15, 0.2) is 31.6 Å². The molecule has 0 saturated carbocycles. The van der Waals surface area contributed by atoms with Gasteiger partial charge in [-0.05, 0) is 53.9 Å². The molecule has 1 heterocycles. The number of halogens is 5. The maximum absolute atomic E-state index is 6.21. The zero-order chi connectivity index (χ0) is 13.7. The van der Waals surface area contributed by atoms with Crippen LogP contribution in [0.3, 0.4) is 0 Å². The Bertz CT molecular complexity index is 704. The van der Waals surface area contributed by atoms with Crippen molar-refractivity contribution in [2.24, 2.45) is 0 Å². The molecule has 0 fully saturated rings. The van der Waals surface area contributed by atoms with Crippen LogP contribution in [0.2, 0.25) is 10.0 Å². The summed E-state index contributed by atoms with van der Waals surface area (Å²) in [5.41, 5.74) is 0. The molecule has 0 aliphatic carbocycles. The molecule has 2 nitrogen and oxygen atoms in total. The summed E-state index contributed by atoms with van der Waals surface area (Å²) in [4.78, 5) is 0. The third kappa shape index (κ3) is 2.40. The van der Waals surface area contributed by atoms with Crippen LogP contribution < -0.4 is 9.47 Å². The highest BCUT2D eigenvalue weighted by atomic mass is 79.9. The molecular formula is C12H3Br3Cl2O2. The summed E-state index contributed by atoms with van der Waals surface area (Å²) in [6, 6.07) is 5.23. The molecule has 1 aliphatic heterocycles. The predicted octanol–water partition coefficient (Wildman–Crippen LogP) is 7.18. The third-order valence-electron chi connectivity index (χ3n) is 2.50. The Morgan fingerprint density at radius 3 is 2.11 bits per heavy atom. The fourth-order valence-corrected chi connectivity index (χ4v) is 3.49. The van der Waals surface area contributed by atoms with E-state index in [1.807, 2.05) is 0 Å². The van der Waals surface area contributed by atoms with Crippen molar-refractivity contribution in [2.45, 2.75) is 0 Å². The molecule has 1 aliphatic rings. The number of hydrogen-bond donors (Lipinski definition) is 0. The Labute approximate surface area is 144 Å². The van der Waals surface area contributed by atoms with Crippen LogP contribution in [0.5, 0.6) is 23.0 Å². The Kier molecular flexibility index (Phi) is 3.77. The minimum atomic E-state index is 0.447. The summed E-state index contributed by atoms with van der Waals surface area (Å²) in [5, 5.41) is 0.985. The molecule has 0 atom stereocenters. The first-order valence-electron chi connectivity index (χ1n) is 4.99. The second-order valence-electron chi connectivity index (χ2n) is 3.73. The molecule has 0 N–H and O–H groups in total. The van der Waals surface area contributed by atoms with Crippen LogP contribution in [0, 0.1) is 0 Å². The smallest absolute Gasteiger partial charge is 0.191 e. The molecule has 19 heavy (non-hydrogen) atoms. The molecule has 0 unspecified atom stereocenters. The normalized spacial score (nSPS) is 12.3. The van der Waals surface area contributed by atoms with Gasteiger partial charge >= 0.3 is 0 Å². The molecule has 0 saturated heterocycles. The lowest BCUT2D eigenvalue weighted by molar-refractivity contribution is 0.357. The first kappa shape index (κ1) is 14.0. The number of fused-ring (bicyclic) bond motifs is 2. The summed E-state index contributed by atoms with van der Waals surface area (Å²) >= 11 is 22.4. The van der Waals surface area contributed by atoms with E-state index in [0.717, 1.165) is 13.4 Å². The second-order valence-corrected chi connectivity index (χ2v) is 7.08. The van der Waals surface area contributed by atoms with Crippen molar-refractivity contribution in [1.82, 2.24) is 0 Å². The average molecular weight is 490 g/mol. The lowest BCUT2D eigenvalue weighted by atomic mass is 10.2. The highest BCUT2D eigenvalue weighted by Crippen LogP contribution is 2.54. The highest BCUT2D eigenvalue weighted by molar-refractivity contribution is 9.11. The van der Waals surface area contributed by atoms with Crippen LogP contribution in [0.4, 0.5) is 0 Å². The standard InChI is InChI=1S/C12H3Br3Cl2O2/c13-4-2-8-9(3-7(4)16)19-12-10(17)5(14)1-6(15)11(12)18-8/h1-3H. The van der Waals surface area contributed by atoms with Crippen molar-refractivity contribution >= 4 is 71.0 Å². The lowest BCUT2D eigenvalue weighted by Gasteiger charge is -2.23. The molecular weight excluding hydrogens is 487 g/mol. The minimum Gasteiger partial charge on any atom is -0.448 e. The zero-order valence-electron chi connectivity index (χ0n) is 8.94. The molecule has 7 heteroatoms. The molecule has 0 aromatic heterocycles. The SMILES string of the molecule is Clc1cc2c(cc1Br)Oc1c(Br)cc(Br)c(Cl)c1O2. The van der Waals surface area contributed by atoms with E-state index in [0.29, 0.717) is 33.0 Å². The second kappa shape index (κ2) is 5.11. The summed E-state index contributed by atoms with van der Waals surface area (Å²) in [5.74, 6) is 2.08. The van der Waals surface area contributed by atoms with Crippen molar-refractivity contribution in [2.75, 3.05) is 0 Å². The largest absolute Gasteiger partial charge is 0.448 e. The Hall–Kier alpha value is 0.0600. The van der Waals surface area contributed by atoms with Gasteiger partial charge < -0.3 is 9.47 Å². The van der Waals surface area contributed by atoms with Crippen LogP contribution >= 0.6 is 71.0 Å². The van der Waals surface area contributed by atoms with Gasteiger partial charge in [0.2, 0.25) is 0 Å². The van der Waals surface area contributed by atoms with E-state index in [1.165, 1.54) is 0 Å². The fourth-order valence-electron chi connectivity index (χ4n) is 1.63. The first-order valence-corrected chi connectivity index (χ1v) is 8.13. The topological polar surface area (TPSA) is 18.5 Å². The minimum absolute atomic E-state index is 0.447. The van der Waals surface area contributed by atoms with Crippen LogP contribution in [0.1, 0.15) is 0 Å². The molecule has 98 valence electrons. The monoisotopic (exact) mass is 486 g/mol. The van der Waals surface area contributed by atoms with Crippen LogP contribution in [0.25, 0.3) is 0 Å². The highest BCUT2D eigenvalue weighted by Gasteiger charge is 2.26. The van der Waals surface area contributed by atoms with Crippen molar-refractivity contribution < 1.29 is 9.47 Å². The van der Waals surface area contributed by atoms with Gasteiger partial charge in [0.05, 0.1) is 9.50 Å². The van der Waals surface area contributed by atoms with E-state index in [4.69, 9.17) is 32.7 Å². The molecule has 0 spiro atoms. The van der Waals surface area contributed by atoms with Gasteiger partial charge in [-0.1, -0.05) is 23.2 Å². The van der Waals surface area contributed by atoms with Crippen molar-refractivity contribution in [3.05, 3.63) is 41.7 Å². The lowest BCUT2D eigenvalue weighted by Crippen LogP contribution is -2.01. The molecule has 3 rings (SSSR count). The van der Waals surface area contributed by atoms with Gasteiger partial charge in [0, 0.05) is 21.1 Å². The Morgan fingerprint density at radius 1 is 0.737 bits per heavy atom. The Balaban J connectivity index is 2.19. The van der Waals surface area contributed by atoms with Crippen LogP contribution in [-0.2, 0) is 0 Å². The fraction of sp³-hybridized carbons (Fsp3) is 0. The molecule has 0 bridgehead atoms. The van der Waals surface area contributed by atoms with E-state index in [-0.39, 0.29) is 0 Å². The molecule has 0 amide bonds. The van der Waals surface area contributed by atoms with Gasteiger partial charge in [-0.25, -0.2) is 0 Å². The van der Waals surface area contributed by atoms with E-state index in [2.05, 4.69) is 47.8 Å². The van der Waals surface area contributed by atoms with E-state index >= 15 is 0 Å². The summed E-state index contributed by atoms with van der Waals surface area (Å²) < 4.78 is 13.8. The third-order valence-corrected chi connectivity index (χ3v) is 5.51. The van der Waals surface area contributed by atoms with Crippen LogP contribution in [-0.4, -0.2) is 0 Å². The Morgan fingerprint density at radius 2 is 1.37 bits per heavy atom. The van der Waals surface area contributed by atoms with Crippen molar-refractivity contribution in [3.8, 4) is 23.0 Å². The van der Waals surface area contributed by atoms with Gasteiger partial charge in [-0.2, -0.15) is 0 Å². The van der Waals surface area contributed by atoms with Gasteiger partial charge in [-0.3, -0.25) is 0 Å². The summed E-state index contributed by atoms with van der Waals surface area (Å²) in [7, 11) is 0. The number of hydrogen-bond acceptors (Lipinski definition) is 2. The van der Waals surface area contributed by atoms with Gasteiger partial charge in [0.1, 0.15) is 5.02 Å². The molecule has 2 aromatic carbocycles. The predicted molar refractivity (Wildman–Crippen MR) is 86.2 cm³/mol. The van der Waals surface area contributed by atoms with Crippen molar-refractivity contribution in [3.63, 3.8) is 0 Å². The zero-order valence-corrected chi connectivity index (χ0v) is 15.2. The summed E-state index contributed by atoms with van der Waals surface area (Å²) in [6.45, 7) is 0. The quantitative estimate of drug-likeness (QED) is 0.311. The van der Waals surface area contributed by atoms with Crippen molar-refractivity contribution in [1.29, 1.82) is 0 Å². The van der Waals surface area contributed by atoms with Gasteiger partial charge in [0.25, 0.3) is 0 Å². The number of rotatable bonds is 0. The van der Waals surface area contributed by atoms with E-state index < -0.39 is 0 Å². The maximum Gasteiger partial charge on any atom is 0.191 e. The van der Waals surface area contributed by atoms with E-state index in [1.54, 1.807) is 18.2 Å². The average Bonchev–Trinajstić information content (AvgIpc) is 2.36. The maximum atomic E-state index is 6.21. The summed E-state index contributed by atoms with van der Waals surface area (Å²) in [6.07, 6.45) is 0. The molecule has 0 radical (unpaired) electrons. The number of benzene rings is 2. The molecule has 2 aromatic rings. The van der Waals surface area contributed by atoms with Gasteiger partial charge in [-0.15, -0.1) is 0 Å². The van der Waals surface area contributed by atoms with E-state index in [9.17, 15) is 0 Å².